The minimum absolute atomic E-state index is 0.744. The second-order valence-corrected chi connectivity index (χ2v) is 4.43. The van der Waals surface area contributed by atoms with E-state index >= 15 is 0 Å². The summed E-state index contributed by atoms with van der Waals surface area (Å²) < 4.78 is 5.32. The Morgan fingerprint density at radius 2 is 1.85 bits per heavy atom. The van der Waals surface area contributed by atoms with Crippen LogP contribution in [0.1, 0.15) is 38.5 Å². The fourth-order valence-corrected chi connectivity index (χ4v) is 2.17. The summed E-state index contributed by atoms with van der Waals surface area (Å²) in [6, 6.07) is 0.744. The zero-order valence-corrected chi connectivity index (χ0v) is 8.43. The first-order valence-electron chi connectivity index (χ1n) is 5.76. The maximum atomic E-state index is 5.32. The Labute approximate surface area is 81.0 Å². The van der Waals surface area contributed by atoms with Crippen LogP contribution in [-0.2, 0) is 4.74 Å². The molecule has 1 saturated carbocycles. The predicted octanol–water partition coefficient (Wildman–Crippen LogP) is 1.95. The lowest BCUT2D eigenvalue weighted by atomic mass is 9.83. The van der Waals surface area contributed by atoms with Gasteiger partial charge in [-0.3, -0.25) is 0 Å². The van der Waals surface area contributed by atoms with E-state index in [-0.39, 0.29) is 0 Å². The van der Waals surface area contributed by atoms with Crippen LogP contribution in [-0.4, -0.2) is 25.8 Å². The Morgan fingerprint density at radius 1 is 1.08 bits per heavy atom. The molecule has 2 nitrogen and oxygen atoms in total. The standard InChI is InChI=1S/C11H21NO/c1-2-10(3-1)4-7-12-11-5-8-13-9-6-11/h10-12H,1-9H2. The molecule has 1 aliphatic heterocycles. The van der Waals surface area contributed by atoms with Crippen LogP contribution in [0.4, 0.5) is 0 Å². The van der Waals surface area contributed by atoms with Crippen LogP contribution in [0.3, 0.4) is 0 Å². The number of ether oxygens (including phenoxy) is 1. The molecule has 1 aliphatic carbocycles. The van der Waals surface area contributed by atoms with Crippen LogP contribution in [0.5, 0.6) is 0 Å². The lowest BCUT2D eigenvalue weighted by Gasteiger charge is -2.28. The molecule has 0 aromatic carbocycles. The number of hydrogen-bond donors (Lipinski definition) is 1. The molecule has 2 heteroatoms. The highest BCUT2D eigenvalue weighted by molar-refractivity contribution is 4.74. The van der Waals surface area contributed by atoms with Gasteiger partial charge in [-0.25, -0.2) is 0 Å². The second kappa shape index (κ2) is 4.97. The SMILES string of the molecule is C1CC(CCNC2CCOCC2)C1. The van der Waals surface area contributed by atoms with E-state index in [1.54, 1.807) is 0 Å². The van der Waals surface area contributed by atoms with Gasteiger partial charge in [-0.2, -0.15) is 0 Å². The number of rotatable bonds is 4. The molecule has 1 heterocycles. The molecule has 0 aromatic heterocycles. The number of hydrogen-bond acceptors (Lipinski definition) is 2. The van der Waals surface area contributed by atoms with E-state index in [0.717, 1.165) is 25.2 Å². The van der Waals surface area contributed by atoms with Gasteiger partial charge < -0.3 is 10.1 Å². The summed E-state index contributed by atoms with van der Waals surface area (Å²) in [6.07, 6.45) is 8.26. The quantitative estimate of drug-likeness (QED) is 0.719. The van der Waals surface area contributed by atoms with Gasteiger partial charge in [0.15, 0.2) is 0 Å². The van der Waals surface area contributed by atoms with Gasteiger partial charge in [-0.15, -0.1) is 0 Å². The summed E-state index contributed by atoms with van der Waals surface area (Å²) in [5, 5.41) is 3.64. The molecular weight excluding hydrogens is 162 g/mol. The van der Waals surface area contributed by atoms with Gasteiger partial charge in [0.1, 0.15) is 0 Å². The lowest BCUT2D eigenvalue weighted by Crippen LogP contribution is -2.36. The van der Waals surface area contributed by atoms with Crippen molar-refractivity contribution in [1.82, 2.24) is 5.32 Å². The summed E-state index contributed by atoms with van der Waals surface area (Å²) in [5.41, 5.74) is 0. The Morgan fingerprint density at radius 3 is 2.46 bits per heavy atom. The molecule has 0 unspecified atom stereocenters. The van der Waals surface area contributed by atoms with Crippen molar-refractivity contribution in [2.45, 2.75) is 44.6 Å². The Bertz CT molecular complexity index is 139. The van der Waals surface area contributed by atoms with Crippen molar-refractivity contribution in [2.24, 2.45) is 5.92 Å². The third-order valence-electron chi connectivity index (χ3n) is 3.43. The molecule has 0 atom stereocenters. The molecule has 76 valence electrons. The smallest absolute Gasteiger partial charge is 0.0480 e. The van der Waals surface area contributed by atoms with Gasteiger partial charge in [0.25, 0.3) is 0 Å². The maximum Gasteiger partial charge on any atom is 0.0480 e. The first-order valence-corrected chi connectivity index (χ1v) is 5.76. The highest BCUT2D eigenvalue weighted by atomic mass is 16.5. The minimum atomic E-state index is 0.744. The van der Waals surface area contributed by atoms with E-state index in [1.807, 2.05) is 0 Å². The molecule has 0 aromatic rings. The van der Waals surface area contributed by atoms with Crippen LogP contribution in [0.15, 0.2) is 0 Å². The Hall–Kier alpha value is -0.0800. The van der Waals surface area contributed by atoms with Crippen LogP contribution in [0.2, 0.25) is 0 Å². The molecule has 13 heavy (non-hydrogen) atoms. The third-order valence-corrected chi connectivity index (χ3v) is 3.43. The summed E-state index contributed by atoms with van der Waals surface area (Å²) in [7, 11) is 0. The van der Waals surface area contributed by atoms with E-state index < -0.39 is 0 Å². The van der Waals surface area contributed by atoms with Crippen molar-refractivity contribution >= 4 is 0 Å². The van der Waals surface area contributed by atoms with E-state index in [9.17, 15) is 0 Å². The van der Waals surface area contributed by atoms with E-state index in [2.05, 4.69) is 5.32 Å². The first kappa shape index (κ1) is 9.47. The molecular formula is C11H21NO. The van der Waals surface area contributed by atoms with Crippen molar-refractivity contribution in [3.63, 3.8) is 0 Å². The van der Waals surface area contributed by atoms with Gasteiger partial charge in [-0.1, -0.05) is 19.3 Å². The van der Waals surface area contributed by atoms with Gasteiger partial charge in [0, 0.05) is 19.3 Å². The van der Waals surface area contributed by atoms with Crippen LogP contribution < -0.4 is 5.32 Å². The highest BCUT2D eigenvalue weighted by Gasteiger charge is 2.18. The van der Waals surface area contributed by atoms with Crippen molar-refractivity contribution in [3.05, 3.63) is 0 Å². The van der Waals surface area contributed by atoms with E-state index in [4.69, 9.17) is 4.74 Å². The fraction of sp³-hybridized carbons (Fsp3) is 1.00. The van der Waals surface area contributed by atoms with E-state index in [0.29, 0.717) is 0 Å². The predicted molar refractivity (Wildman–Crippen MR) is 53.8 cm³/mol. The molecule has 0 radical (unpaired) electrons. The fourth-order valence-electron chi connectivity index (χ4n) is 2.17. The summed E-state index contributed by atoms with van der Waals surface area (Å²) >= 11 is 0. The molecule has 2 aliphatic rings. The lowest BCUT2D eigenvalue weighted by molar-refractivity contribution is 0.0773. The first-order chi connectivity index (χ1) is 6.45. The van der Waals surface area contributed by atoms with Gasteiger partial charge in [0.2, 0.25) is 0 Å². The van der Waals surface area contributed by atoms with Crippen molar-refractivity contribution in [3.8, 4) is 0 Å². The van der Waals surface area contributed by atoms with Crippen molar-refractivity contribution in [2.75, 3.05) is 19.8 Å². The maximum absolute atomic E-state index is 5.32. The van der Waals surface area contributed by atoms with Gasteiger partial charge >= 0.3 is 0 Å². The minimum Gasteiger partial charge on any atom is -0.381 e. The molecule has 1 N–H and O–H groups in total. The van der Waals surface area contributed by atoms with Crippen molar-refractivity contribution in [1.29, 1.82) is 0 Å². The summed E-state index contributed by atoms with van der Waals surface area (Å²) in [5.74, 6) is 1.05. The topological polar surface area (TPSA) is 21.3 Å². The Balaban J connectivity index is 1.50. The zero-order chi connectivity index (χ0) is 8.93. The molecule has 0 spiro atoms. The van der Waals surface area contributed by atoms with Crippen LogP contribution in [0.25, 0.3) is 0 Å². The van der Waals surface area contributed by atoms with Crippen LogP contribution in [0, 0.1) is 5.92 Å². The summed E-state index contributed by atoms with van der Waals surface area (Å²) in [4.78, 5) is 0. The van der Waals surface area contributed by atoms with Crippen LogP contribution >= 0.6 is 0 Å². The highest BCUT2D eigenvalue weighted by Crippen LogP contribution is 2.28. The average molecular weight is 183 g/mol. The van der Waals surface area contributed by atoms with Gasteiger partial charge in [-0.05, 0) is 31.7 Å². The zero-order valence-electron chi connectivity index (χ0n) is 8.43. The third kappa shape index (κ3) is 2.96. The summed E-state index contributed by atoms with van der Waals surface area (Å²) in [6.45, 7) is 3.15. The number of nitrogens with one attached hydrogen (secondary N) is 1. The molecule has 0 bridgehead atoms. The second-order valence-electron chi connectivity index (χ2n) is 4.43. The Kier molecular flexibility index (Phi) is 3.62. The van der Waals surface area contributed by atoms with Crippen molar-refractivity contribution < 1.29 is 4.74 Å². The molecule has 0 amide bonds. The monoisotopic (exact) mass is 183 g/mol. The normalized spacial score (nSPS) is 25.8. The molecule has 2 rings (SSSR count). The molecule has 1 saturated heterocycles. The molecule has 2 fully saturated rings. The largest absolute Gasteiger partial charge is 0.381 e. The van der Waals surface area contributed by atoms with Gasteiger partial charge in [0.05, 0.1) is 0 Å². The average Bonchev–Trinajstić information content (AvgIpc) is 2.11. The van der Waals surface area contributed by atoms with E-state index in [1.165, 1.54) is 45.1 Å².